The van der Waals surface area contributed by atoms with Crippen molar-refractivity contribution < 1.29 is 4.42 Å². The molecule has 0 bridgehead atoms. The number of para-hydroxylation sites is 4. The molecule has 0 aliphatic heterocycles. The van der Waals surface area contributed by atoms with Gasteiger partial charge >= 0.3 is 0 Å². The average molecular weight is 764 g/mol. The summed E-state index contributed by atoms with van der Waals surface area (Å²) in [6.07, 6.45) is 0. The fourth-order valence-corrected chi connectivity index (χ4v) is 10.0. The molecule has 0 amide bonds. The number of nitrogens with zero attached hydrogens (tertiary/aromatic N) is 5. The van der Waals surface area contributed by atoms with Crippen LogP contribution in [0.1, 0.15) is 5.56 Å². The molecule has 4 aromatic heterocycles. The van der Waals surface area contributed by atoms with E-state index in [0.29, 0.717) is 22.6 Å². The van der Waals surface area contributed by atoms with Gasteiger partial charge in [-0.2, -0.15) is 5.26 Å². The Bertz CT molecular complexity index is 4050. The first-order valence-corrected chi connectivity index (χ1v) is 19.9. The van der Waals surface area contributed by atoms with Gasteiger partial charge in [-0.1, -0.05) is 103 Å². The molecule has 6 nitrogen and oxygen atoms in total. The van der Waals surface area contributed by atoms with Crippen molar-refractivity contribution in [1.82, 2.24) is 13.7 Å². The van der Waals surface area contributed by atoms with Gasteiger partial charge < -0.3 is 18.1 Å². The van der Waals surface area contributed by atoms with Gasteiger partial charge in [0, 0.05) is 48.8 Å². The summed E-state index contributed by atoms with van der Waals surface area (Å²) in [5, 5.41) is 22.1. The Morgan fingerprint density at radius 3 is 1.77 bits per heavy atom. The first kappa shape index (κ1) is 32.5. The number of aromatic nitrogens is 3. The summed E-state index contributed by atoms with van der Waals surface area (Å²) in [6.45, 7) is 8.63. The van der Waals surface area contributed by atoms with Crippen molar-refractivity contribution in [2.45, 2.75) is 0 Å². The highest BCUT2D eigenvalue weighted by molar-refractivity contribution is 6.28. The van der Waals surface area contributed by atoms with E-state index in [1.807, 2.05) is 42.5 Å². The smallest absolute Gasteiger partial charge is 0.212 e. The quantitative estimate of drug-likeness (QED) is 0.168. The van der Waals surface area contributed by atoms with Crippen molar-refractivity contribution in [2.75, 3.05) is 0 Å². The van der Waals surface area contributed by atoms with Gasteiger partial charge in [0.25, 0.3) is 0 Å². The third-order valence-corrected chi connectivity index (χ3v) is 12.5. The van der Waals surface area contributed by atoms with Crippen molar-refractivity contribution in [1.29, 1.82) is 5.26 Å². The zero-order valence-corrected chi connectivity index (χ0v) is 31.9. The second kappa shape index (κ2) is 12.0. The molecule has 276 valence electrons. The second-order valence-electron chi connectivity index (χ2n) is 15.5. The summed E-state index contributed by atoms with van der Waals surface area (Å²) in [4.78, 5) is 4.18. The van der Waals surface area contributed by atoms with E-state index in [1.54, 1.807) is 0 Å². The van der Waals surface area contributed by atoms with E-state index in [0.717, 1.165) is 93.0 Å². The van der Waals surface area contributed by atoms with Gasteiger partial charge in [0.05, 0.1) is 56.6 Å². The number of nitriles is 1. The van der Waals surface area contributed by atoms with Crippen molar-refractivity contribution in [2.24, 2.45) is 0 Å². The first-order valence-electron chi connectivity index (χ1n) is 19.9. The first-order chi connectivity index (χ1) is 29.7. The number of furan rings is 1. The topological polar surface area (TPSA) is 56.1 Å². The minimum Gasteiger partial charge on any atom is -0.456 e. The lowest BCUT2D eigenvalue weighted by atomic mass is 10.0. The van der Waals surface area contributed by atoms with Crippen LogP contribution in [0.15, 0.2) is 180 Å². The molecule has 0 N–H and O–H groups in total. The molecule has 9 aromatic carbocycles. The van der Waals surface area contributed by atoms with Crippen LogP contribution in [-0.2, 0) is 0 Å². The SMILES string of the molecule is [C-]#[N+]c1cc(-n2c3ccc(-n4c5ccccc5c5ccccc54)cc3c3c4c(ccc32)oc2ccccc24)c(C#N)cc1-n1c2ccccc2c2c3ccccc3ccc21. The molecule has 0 fully saturated rings. The molecule has 0 atom stereocenters. The summed E-state index contributed by atoms with van der Waals surface area (Å²) in [5.74, 6) is 0. The maximum Gasteiger partial charge on any atom is 0.212 e. The van der Waals surface area contributed by atoms with Crippen molar-refractivity contribution in [3.63, 3.8) is 0 Å². The lowest BCUT2D eigenvalue weighted by molar-refractivity contribution is 0.669. The van der Waals surface area contributed by atoms with Crippen LogP contribution in [0, 0.1) is 17.9 Å². The normalized spacial score (nSPS) is 12.0. The fraction of sp³-hybridized carbons (Fsp3) is 0. The third-order valence-electron chi connectivity index (χ3n) is 12.5. The molecule has 13 aromatic rings. The van der Waals surface area contributed by atoms with Gasteiger partial charge in [0.2, 0.25) is 5.69 Å². The summed E-state index contributed by atoms with van der Waals surface area (Å²) in [7, 11) is 0. The van der Waals surface area contributed by atoms with Crippen molar-refractivity contribution in [3.8, 4) is 23.1 Å². The molecule has 4 heterocycles. The monoisotopic (exact) mass is 763 g/mol. The second-order valence-corrected chi connectivity index (χ2v) is 15.5. The molecule has 0 aliphatic rings. The van der Waals surface area contributed by atoms with Crippen LogP contribution < -0.4 is 0 Å². The molecule has 0 saturated heterocycles. The largest absolute Gasteiger partial charge is 0.456 e. The van der Waals surface area contributed by atoms with Crippen LogP contribution in [0.2, 0.25) is 0 Å². The highest BCUT2D eigenvalue weighted by atomic mass is 16.3. The molecular weight excluding hydrogens is 735 g/mol. The molecular formula is C54H29N5O. The van der Waals surface area contributed by atoms with Gasteiger partial charge in [0.15, 0.2) is 0 Å². The average Bonchev–Trinajstić information content (AvgIpc) is 4.04. The van der Waals surface area contributed by atoms with Crippen LogP contribution in [0.25, 0.3) is 120 Å². The summed E-state index contributed by atoms with van der Waals surface area (Å²) < 4.78 is 13.1. The molecule has 6 heteroatoms. The van der Waals surface area contributed by atoms with Crippen LogP contribution in [-0.4, -0.2) is 13.7 Å². The maximum absolute atomic E-state index is 11.1. The molecule has 0 radical (unpaired) electrons. The Morgan fingerprint density at radius 2 is 1.02 bits per heavy atom. The van der Waals surface area contributed by atoms with E-state index >= 15 is 0 Å². The van der Waals surface area contributed by atoms with Crippen molar-refractivity contribution in [3.05, 3.63) is 193 Å². The Kier molecular flexibility index (Phi) is 6.48. The Morgan fingerprint density at radius 1 is 0.433 bits per heavy atom. The summed E-state index contributed by atoms with van der Waals surface area (Å²) in [5.41, 5.74) is 10.9. The van der Waals surface area contributed by atoms with Crippen LogP contribution in [0.3, 0.4) is 0 Å². The van der Waals surface area contributed by atoms with Gasteiger partial charge in [-0.3, -0.25) is 0 Å². The number of hydrogen-bond acceptors (Lipinski definition) is 2. The lowest BCUT2D eigenvalue weighted by Crippen LogP contribution is -2.02. The van der Waals surface area contributed by atoms with Gasteiger partial charge in [0.1, 0.15) is 17.2 Å². The molecule has 13 rings (SSSR count). The zero-order chi connectivity index (χ0) is 39.6. The summed E-state index contributed by atoms with van der Waals surface area (Å²) >= 11 is 0. The minimum atomic E-state index is 0.451. The van der Waals surface area contributed by atoms with Crippen LogP contribution >= 0.6 is 0 Å². The van der Waals surface area contributed by atoms with Crippen molar-refractivity contribution >= 4 is 104 Å². The van der Waals surface area contributed by atoms with Gasteiger partial charge in [-0.05, 0) is 83.6 Å². The maximum atomic E-state index is 11.1. The predicted molar refractivity (Wildman–Crippen MR) is 245 cm³/mol. The lowest BCUT2D eigenvalue weighted by Gasteiger charge is -2.16. The third kappa shape index (κ3) is 4.23. The van der Waals surface area contributed by atoms with E-state index in [1.165, 1.54) is 10.8 Å². The molecule has 0 saturated carbocycles. The molecule has 0 unspecified atom stereocenters. The minimum absolute atomic E-state index is 0.451. The zero-order valence-electron chi connectivity index (χ0n) is 31.9. The van der Waals surface area contributed by atoms with E-state index in [4.69, 9.17) is 11.0 Å². The fourth-order valence-electron chi connectivity index (χ4n) is 10.0. The Hall–Kier alpha value is -8.58. The highest BCUT2D eigenvalue weighted by Crippen LogP contribution is 2.45. The van der Waals surface area contributed by atoms with Gasteiger partial charge in [-0.15, -0.1) is 0 Å². The molecule has 0 aliphatic carbocycles. The van der Waals surface area contributed by atoms with E-state index < -0.39 is 0 Å². The Balaban J connectivity index is 1.13. The number of rotatable bonds is 3. The highest BCUT2D eigenvalue weighted by Gasteiger charge is 2.24. The van der Waals surface area contributed by atoms with Gasteiger partial charge in [-0.25, -0.2) is 4.85 Å². The Labute approximate surface area is 342 Å². The number of hydrogen-bond donors (Lipinski definition) is 0. The van der Waals surface area contributed by atoms with E-state index in [9.17, 15) is 5.26 Å². The molecule has 60 heavy (non-hydrogen) atoms. The van der Waals surface area contributed by atoms with Crippen LogP contribution in [0.4, 0.5) is 5.69 Å². The predicted octanol–water partition coefficient (Wildman–Crippen LogP) is 14.5. The van der Waals surface area contributed by atoms with Crippen LogP contribution in [0.5, 0.6) is 0 Å². The van der Waals surface area contributed by atoms with E-state index in [2.05, 4.69) is 158 Å². The summed E-state index contributed by atoms with van der Waals surface area (Å²) in [6, 6.07) is 63.4. The number of benzene rings is 9. The number of fused-ring (bicyclic) bond motifs is 15. The molecule has 0 spiro atoms. The van der Waals surface area contributed by atoms with E-state index in [-0.39, 0.29) is 0 Å². The standard InChI is InChI=1S/C54H29N5O/c1-56-41-30-48(33(31-55)28-49(41)59-44-20-10-6-16-38(44)52-35-13-3-2-12-32(35)22-24-46(52)59)58-45-25-23-34(57-42-18-8-4-14-36(42)37-15-5-9-19-43(37)57)29-40(45)53-47(58)26-27-51-54(53)39-17-7-11-21-50(39)60-51/h2-30H.